The molecule has 1 aliphatic rings. The van der Waals surface area contributed by atoms with Gasteiger partial charge >= 0.3 is 0 Å². The van der Waals surface area contributed by atoms with Crippen molar-refractivity contribution in [2.24, 2.45) is 0 Å². The molecule has 1 saturated carbocycles. The van der Waals surface area contributed by atoms with E-state index in [1.54, 1.807) is 14.0 Å². The van der Waals surface area contributed by atoms with E-state index in [1.807, 2.05) is 6.92 Å². The molecular weight excluding hydrogens is 279 g/mol. The fourth-order valence-electron chi connectivity index (χ4n) is 2.40. The molecule has 0 unspecified atom stereocenters. The number of nitrogens with one attached hydrogen (secondary N) is 1. The Kier molecular flexibility index (Phi) is 4.46. The zero-order chi connectivity index (χ0) is 14.9. The molecule has 1 aromatic rings. The Morgan fingerprint density at radius 2 is 2.05 bits per heavy atom. The molecule has 6 heteroatoms. The maximum Gasteiger partial charge on any atom is 0.243 e. The second-order valence-corrected chi connectivity index (χ2v) is 7.07. The SMILES string of the molecule is CCN(C1CC1)S(=O)(=O)c1cc(C)c(F)c(CNC)c1. The number of sulfonamides is 1. The van der Waals surface area contributed by atoms with Crippen molar-refractivity contribution in [2.45, 2.75) is 44.2 Å². The van der Waals surface area contributed by atoms with Gasteiger partial charge in [0.05, 0.1) is 4.90 Å². The molecule has 4 nitrogen and oxygen atoms in total. The standard InChI is InChI=1S/C14H21FN2O2S/c1-4-17(12-5-6-12)20(18,19)13-7-10(2)14(15)11(8-13)9-16-3/h7-8,12,16H,4-6,9H2,1-3H3. The Balaban J connectivity index is 2.45. The quantitative estimate of drug-likeness (QED) is 0.874. The number of hydrogen-bond acceptors (Lipinski definition) is 3. The van der Waals surface area contributed by atoms with Gasteiger partial charge in [-0.15, -0.1) is 0 Å². The number of nitrogens with zero attached hydrogens (tertiary/aromatic N) is 1. The van der Waals surface area contributed by atoms with Crippen LogP contribution in [-0.4, -0.2) is 32.4 Å². The van der Waals surface area contributed by atoms with E-state index in [1.165, 1.54) is 16.4 Å². The van der Waals surface area contributed by atoms with E-state index in [2.05, 4.69) is 5.32 Å². The van der Waals surface area contributed by atoms with Crippen LogP contribution in [0.15, 0.2) is 17.0 Å². The normalized spacial score (nSPS) is 15.8. The number of hydrogen-bond donors (Lipinski definition) is 1. The van der Waals surface area contributed by atoms with Crippen molar-refractivity contribution >= 4 is 10.0 Å². The molecule has 1 fully saturated rings. The topological polar surface area (TPSA) is 49.4 Å². The third-order valence-electron chi connectivity index (χ3n) is 3.54. The van der Waals surface area contributed by atoms with Crippen LogP contribution in [-0.2, 0) is 16.6 Å². The molecular formula is C14H21FN2O2S. The van der Waals surface area contributed by atoms with Gasteiger partial charge in [-0.1, -0.05) is 6.92 Å². The lowest BCUT2D eigenvalue weighted by Gasteiger charge is -2.21. The average molecular weight is 300 g/mol. The molecule has 1 aliphatic carbocycles. The molecule has 0 aromatic heterocycles. The predicted octanol–water partition coefficient (Wildman–Crippen LogP) is 2.03. The summed E-state index contributed by atoms with van der Waals surface area (Å²) in [5.41, 5.74) is 0.751. The van der Waals surface area contributed by atoms with Gasteiger partial charge in [-0.2, -0.15) is 4.31 Å². The van der Waals surface area contributed by atoms with Gasteiger partial charge < -0.3 is 5.32 Å². The van der Waals surface area contributed by atoms with Crippen LogP contribution >= 0.6 is 0 Å². The van der Waals surface area contributed by atoms with E-state index < -0.39 is 10.0 Å². The highest BCUT2D eigenvalue weighted by Crippen LogP contribution is 2.32. The van der Waals surface area contributed by atoms with Crippen LogP contribution in [0.5, 0.6) is 0 Å². The van der Waals surface area contributed by atoms with Crippen molar-refractivity contribution in [3.8, 4) is 0 Å². The van der Waals surface area contributed by atoms with Gasteiger partial charge in [0.15, 0.2) is 0 Å². The second-order valence-electron chi connectivity index (χ2n) is 5.18. The van der Waals surface area contributed by atoms with Crippen LogP contribution in [0.4, 0.5) is 4.39 Å². The molecule has 20 heavy (non-hydrogen) atoms. The van der Waals surface area contributed by atoms with Gasteiger partial charge in [0.25, 0.3) is 0 Å². The smallest absolute Gasteiger partial charge is 0.243 e. The van der Waals surface area contributed by atoms with Crippen molar-refractivity contribution in [3.63, 3.8) is 0 Å². The molecule has 1 aromatic carbocycles. The first-order valence-electron chi connectivity index (χ1n) is 6.87. The highest BCUT2D eigenvalue weighted by molar-refractivity contribution is 7.89. The molecule has 0 bridgehead atoms. The van der Waals surface area contributed by atoms with Crippen LogP contribution in [0, 0.1) is 12.7 Å². The van der Waals surface area contributed by atoms with Gasteiger partial charge in [-0.05, 0) is 44.5 Å². The summed E-state index contributed by atoms with van der Waals surface area (Å²) in [6.45, 7) is 4.19. The molecule has 0 heterocycles. The minimum atomic E-state index is -3.53. The number of aryl methyl sites for hydroxylation is 1. The lowest BCUT2D eigenvalue weighted by atomic mass is 10.1. The highest BCUT2D eigenvalue weighted by Gasteiger charge is 2.37. The molecule has 0 spiro atoms. The Hall–Kier alpha value is -0.980. The molecule has 0 radical (unpaired) electrons. The Bertz CT molecular complexity index is 597. The zero-order valence-corrected chi connectivity index (χ0v) is 12.9. The molecule has 0 atom stereocenters. The van der Waals surface area contributed by atoms with Crippen molar-refractivity contribution in [1.29, 1.82) is 0 Å². The van der Waals surface area contributed by atoms with Crippen LogP contribution in [0.1, 0.15) is 30.9 Å². The van der Waals surface area contributed by atoms with E-state index in [-0.39, 0.29) is 16.8 Å². The fourth-order valence-corrected chi connectivity index (χ4v) is 4.23. The first kappa shape index (κ1) is 15.4. The molecule has 0 saturated heterocycles. The van der Waals surface area contributed by atoms with Crippen molar-refractivity contribution in [1.82, 2.24) is 9.62 Å². The summed E-state index contributed by atoms with van der Waals surface area (Å²) in [4.78, 5) is 0.190. The van der Waals surface area contributed by atoms with Gasteiger partial charge in [-0.3, -0.25) is 0 Å². The average Bonchev–Trinajstić information content (AvgIpc) is 3.20. The van der Waals surface area contributed by atoms with Crippen molar-refractivity contribution < 1.29 is 12.8 Å². The van der Waals surface area contributed by atoms with E-state index in [9.17, 15) is 12.8 Å². The summed E-state index contributed by atoms with van der Waals surface area (Å²) >= 11 is 0. The Labute approximate surface area is 120 Å². The lowest BCUT2D eigenvalue weighted by molar-refractivity contribution is 0.420. The summed E-state index contributed by atoms with van der Waals surface area (Å²) in [6.07, 6.45) is 1.83. The molecule has 2 rings (SSSR count). The minimum Gasteiger partial charge on any atom is -0.316 e. The first-order chi connectivity index (χ1) is 9.41. The van der Waals surface area contributed by atoms with Gasteiger partial charge in [0.2, 0.25) is 10.0 Å². The third kappa shape index (κ3) is 2.87. The summed E-state index contributed by atoms with van der Waals surface area (Å²) in [5.74, 6) is -0.340. The van der Waals surface area contributed by atoms with Crippen molar-refractivity contribution in [3.05, 3.63) is 29.1 Å². The Morgan fingerprint density at radius 3 is 2.55 bits per heavy atom. The summed E-state index contributed by atoms with van der Waals surface area (Å²) < 4.78 is 40.8. The lowest BCUT2D eigenvalue weighted by Crippen LogP contribution is -2.33. The van der Waals surface area contributed by atoms with Gasteiger partial charge in [0, 0.05) is 24.7 Å². The minimum absolute atomic E-state index is 0.114. The molecule has 1 N–H and O–H groups in total. The molecule has 0 amide bonds. The monoisotopic (exact) mass is 300 g/mol. The van der Waals surface area contributed by atoms with Gasteiger partial charge in [0.1, 0.15) is 5.82 Å². The van der Waals surface area contributed by atoms with Crippen LogP contribution in [0.3, 0.4) is 0 Å². The number of rotatable bonds is 6. The Morgan fingerprint density at radius 1 is 1.40 bits per heavy atom. The van der Waals surface area contributed by atoms with E-state index in [4.69, 9.17) is 0 Å². The fraction of sp³-hybridized carbons (Fsp3) is 0.571. The van der Waals surface area contributed by atoms with Crippen LogP contribution in [0.25, 0.3) is 0 Å². The first-order valence-corrected chi connectivity index (χ1v) is 8.31. The summed E-state index contributed by atoms with van der Waals surface area (Å²) in [5, 5.41) is 2.86. The van der Waals surface area contributed by atoms with E-state index in [0.717, 1.165) is 12.8 Å². The summed E-state index contributed by atoms with van der Waals surface area (Å²) in [7, 11) is -1.82. The number of halogens is 1. The molecule has 0 aliphatic heterocycles. The van der Waals surface area contributed by atoms with Crippen molar-refractivity contribution in [2.75, 3.05) is 13.6 Å². The van der Waals surface area contributed by atoms with E-state index in [0.29, 0.717) is 24.2 Å². The summed E-state index contributed by atoms with van der Waals surface area (Å²) in [6, 6.07) is 2.98. The van der Waals surface area contributed by atoms with Crippen LogP contribution < -0.4 is 5.32 Å². The third-order valence-corrected chi connectivity index (χ3v) is 5.55. The zero-order valence-electron chi connectivity index (χ0n) is 12.1. The maximum atomic E-state index is 14.0. The molecule has 112 valence electrons. The second kappa shape index (κ2) is 5.79. The van der Waals surface area contributed by atoms with Gasteiger partial charge in [-0.25, -0.2) is 12.8 Å². The number of benzene rings is 1. The highest BCUT2D eigenvalue weighted by atomic mass is 32.2. The largest absolute Gasteiger partial charge is 0.316 e. The van der Waals surface area contributed by atoms with E-state index >= 15 is 0 Å². The van der Waals surface area contributed by atoms with Crippen LogP contribution in [0.2, 0.25) is 0 Å². The maximum absolute atomic E-state index is 14.0. The predicted molar refractivity (Wildman–Crippen MR) is 76.5 cm³/mol.